The van der Waals surface area contributed by atoms with E-state index in [1.165, 1.54) is 0 Å². The fourth-order valence-electron chi connectivity index (χ4n) is 2.80. The second-order valence-corrected chi connectivity index (χ2v) is 5.88. The van der Waals surface area contributed by atoms with Gasteiger partial charge in [0.05, 0.1) is 24.8 Å². The van der Waals surface area contributed by atoms with Crippen LogP contribution >= 0.6 is 0 Å². The topological polar surface area (TPSA) is 72.9 Å². The van der Waals surface area contributed by atoms with Crippen molar-refractivity contribution in [3.63, 3.8) is 0 Å². The molecule has 134 valence electrons. The summed E-state index contributed by atoms with van der Waals surface area (Å²) in [6.45, 7) is 0.0491. The van der Waals surface area contributed by atoms with E-state index < -0.39 is 0 Å². The fraction of sp³-hybridized carbons (Fsp3) is 0.250. The van der Waals surface area contributed by atoms with Crippen molar-refractivity contribution in [3.05, 3.63) is 65.2 Å². The summed E-state index contributed by atoms with van der Waals surface area (Å²) < 4.78 is 10.2. The summed E-state index contributed by atoms with van der Waals surface area (Å²) in [5.74, 6) is -0.297. The molecule has 0 aromatic heterocycles. The Bertz CT molecular complexity index is 793. The van der Waals surface area contributed by atoms with Gasteiger partial charge in [0.25, 0.3) is 11.8 Å². The van der Waals surface area contributed by atoms with Gasteiger partial charge in [0.15, 0.2) is 0 Å². The van der Waals surface area contributed by atoms with Crippen LogP contribution in [0, 0.1) is 0 Å². The van der Waals surface area contributed by atoms with Crippen LogP contribution in [0.2, 0.25) is 0 Å². The molecule has 2 amide bonds. The minimum absolute atomic E-state index is 0.00703. The molecule has 0 unspecified atom stereocenters. The molecule has 3 rings (SSSR count). The highest BCUT2D eigenvalue weighted by molar-refractivity contribution is 6.21. The summed E-state index contributed by atoms with van der Waals surface area (Å²) in [5.41, 5.74) is 1.79. The van der Waals surface area contributed by atoms with Crippen LogP contribution in [0.1, 0.15) is 32.7 Å². The Labute approximate surface area is 151 Å². The zero-order chi connectivity index (χ0) is 18.5. The maximum Gasteiger partial charge on any atom is 0.306 e. The second-order valence-electron chi connectivity index (χ2n) is 5.88. The molecule has 6 nitrogen and oxygen atoms in total. The lowest BCUT2D eigenvalue weighted by Crippen LogP contribution is -2.33. The predicted octanol–water partition coefficient (Wildman–Crippen LogP) is 2.47. The van der Waals surface area contributed by atoms with Crippen LogP contribution in [0.4, 0.5) is 0 Å². The number of hydrogen-bond donors (Lipinski definition) is 0. The standard InChI is InChI=1S/C20H19NO5/c1-25-15-9-6-14(7-10-15)8-11-18(22)26-13-12-21-19(23)16-4-2-3-5-17(16)20(21)24/h2-7,9-10H,8,11-13H2,1H3. The number of ether oxygens (including phenoxy) is 2. The minimum atomic E-state index is -0.363. The van der Waals surface area contributed by atoms with Gasteiger partial charge in [-0.1, -0.05) is 24.3 Å². The van der Waals surface area contributed by atoms with Gasteiger partial charge < -0.3 is 9.47 Å². The molecule has 0 saturated carbocycles. The van der Waals surface area contributed by atoms with Gasteiger partial charge in [0.2, 0.25) is 0 Å². The van der Waals surface area contributed by atoms with Gasteiger partial charge in [0, 0.05) is 6.42 Å². The Kier molecular flexibility index (Phi) is 5.31. The predicted molar refractivity (Wildman–Crippen MR) is 94.1 cm³/mol. The number of amides is 2. The molecule has 1 aliphatic heterocycles. The van der Waals surface area contributed by atoms with Gasteiger partial charge in [-0.15, -0.1) is 0 Å². The van der Waals surface area contributed by atoms with Gasteiger partial charge in [0.1, 0.15) is 12.4 Å². The van der Waals surface area contributed by atoms with E-state index in [0.717, 1.165) is 16.2 Å². The molecule has 0 bridgehead atoms. The minimum Gasteiger partial charge on any atom is -0.497 e. The van der Waals surface area contributed by atoms with Crippen molar-refractivity contribution in [2.75, 3.05) is 20.3 Å². The van der Waals surface area contributed by atoms with Gasteiger partial charge in [-0.05, 0) is 36.2 Å². The first-order valence-corrected chi connectivity index (χ1v) is 8.34. The molecule has 0 atom stereocenters. The fourth-order valence-corrected chi connectivity index (χ4v) is 2.80. The Hall–Kier alpha value is -3.15. The highest BCUT2D eigenvalue weighted by atomic mass is 16.5. The van der Waals surface area contributed by atoms with E-state index in [2.05, 4.69) is 0 Å². The molecule has 6 heteroatoms. The number of benzene rings is 2. The highest BCUT2D eigenvalue weighted by Gasteiger charge is 2.34. The van der Waals surface area contributed by atoms with E-state index in [9.17, 15) is 14.4 Å². The van der Waals surface area contributed by atoms with Crippen LogP contribution in [0.3, 0.4) is 0 Å². The van der Waals surface area contributed by atoms with Gasteiger partial charge in [-0.3, -0.25) is 19.3 Å². The summed E-state index contributed by atoms with van der Waals surface area (Å²) in [7, 11) is 1.60. The van der Waals surface area contributed by atoms with Crippen molar-refractivity contribution in [1.29, 1.82) is 0 Å². The van der Waals surface area contributed by atoms with E-state index >= 15 is 0 Å². The number of methoxy groups -OCH3 is 1. The molecule has 0 saturated heterocycles. The SMILES string of the molecule is COc1ccc(CCC(=O)OCCN2C(=O)c3ccccc3C2=O)cc1. The first kappa shape index (κ1) is 17.7. The van der Waals surface area contributed by atoms with E-state index in [1.807, 2.05) is 24.3 Å². The van der Waals surface area contributed by atoms with E-state index in [0.29, 0.717) is 17.5 Å². The second kappa shape index (κ2) is 7.82. The lowest BCUT2D eigenvalue weighted by Gasteiger charge is -2.13. The Balaban J connectivity index is 1.44. The highest BCUT2D eigenvalue weighted by Crippen LogP contribution is 2.22. The molecular formula is C20H19NO5. The number of imide groups is 1. The molecule has 0 fully saturated rings. The maximum atomic E-state index is 12.2. The lowest BCUT2D eigenvalue weighted by molar-refractivity contribution is -0.143. The van der Waals surface area contributed by atoms with Crippen molar-refractivity contribution in [3.8, 4) is 5.75 Å². The quantitative estimate of drug-likeness (QED) is 0.565. The first-order chi connectivity index (χ1) is 12.6. The van der Waals surface area contributed by atoms with Gasteiger partial charge >= 0.3 is 5.97 Å². The molecule has 1 aliphatic rings. The van der Waals surface area contributed by atoms with Crippen LogP contribution in [0.25, 0.3) is 0 Å². The smallest absolute Gasteiger partial charge is 0.306 e. The van der Waals surface area contributed by atoms with Crippen LogP contribution in [-0.2, 0) is 16.0 Å². The summed E-state index contributed by atoms with van der Waals surface area (Å²) in [5, 5.41) is 0. The third kappa shape index (κ3) is 3.74. The monoisotopic (exact) mass is 353 g/mol. The summed E-state index contributed by atoms with van der Waals surface area (Å²) in [4.78, 5) is 37.4. The number of nitrogens with zero attached hydrogens (tertiary/aromatic N) is 1. The van der Waals surface area contributed by atoms with Crippen molar-refractivity contribution in [1.82, 2.24) is 4.90 Å². The van der Waals surface area contributed by atoms with Crippen molar-refractivity contribution in [2.24, 2.45) is 0 Å². The van der Waals surface area contributed by atoms with Gasteiger partial charge in [-0.2, -0.15) is 0 Å². The number of carbonyl (C=O) groups is 3. The Morgan fingerprint density at radius 1 is 0.962 bits per heavy atom. The third-order valence-corrected chi connectivity index (χ3v) is 4.23. The summed E-state index contributed by atoms with van der Waals surface area (Å²) >= 11 is 0. The molecule has 2 aromatic rings. The molecule has 2 aromatic carbocycles. The number of rotatable bonds is 7. The van der Waals surface area contributed by atoms with Crippen LogP contribution < -0.4 is 4.74 Å². The number of hydrogen-bond acceptors (Lipinski definition) is 5. The van der Waals surface area contributed by atoms with Crippen molar-refractivity contribution < 1.29 is 23.9 Å². The Morgan fingerprint density at radius 3 is 2.15 bits per heavy atom. The Morgan fingerprint density at radius 2 is 1.58 bits per heavy atom. The van der Waals surface area contributed by atoms with Crippen LogP contribution in [0.5, 0.6) is 5.75 Å². The molecular weight excluding hydrogens is 334 g/mol. The lowest BCUT2D eigenvalue weighted by atomic mass is 10.1. The number of aryl methyl sites for hydroxylation is 1. The van der Waals surface area contributed by atoms with E-state index in [-0.39, 0.29) is 37.4 Å². The van der Waals surface area contributed by atoms with E-state index in [4.69, 9.17) is 9.47 Å². The third-order valence-electron chi connectivity index (χ3n) is 4.23. The number of carbonyl (C=O) groups excluding carboxylic acids is 3. The largest absolute Gasteiger partial charge is 0.497 e. The average Bonchev–Trinajstić information content (AvgIpc) is 2.92. The number of fused-ring (bicyclic) bond motifs is 1. The first-order valence-electron chi connectivity index (χ1n) is 8.34. The maximum absolute atomic E-state index is 12.2. The molecule has 0 aliphatic carbocycles. The van der Waals surface area contributed by atoms with Gasteiger partial charge in [-0.25, -0.2) is 0 Å². The molecule has 1 heterocycles. The van der Waals surface area contributed by atoms with Crippen LogP contribution in [-0.4, -0.2) is 42.9 Å². The summed E-state index contributed by atoms with van der Waals surface area (Å²) in [6, 6.07) is 14.1. The molecule has 0 N–H and O–H groups in total. The summed E-state index contributed by atoms with van der Waals surface area (Å²) in [6.07, 6.45) is 0.782. The van der Waals surface area contributed by atoms with Crippen molar-refractivity contribution in [2.45, 2.75) is 12.8 Å². The molecule has 26 heavy (non-hydrogen) atoms. The van der Waals surface area contributed by atoms with E-state index in [1.54, 1.807) is 31.4 Å². The average molecular weight is 353 g/mol. The molecule has 0 spiro atoms. The van der Waals surface area contributed by atoms with Crippen molar-refractivity contribution >= 4 is 17.8 Å². The zero-order valence-electron chi connectivity index (χ0n) is 14.4. The normalized spacial score (nSPS) is 12.9. The molecule has 0 radical (unpaired) electrons. The van der Waals surface area contributed by atoms with Crippen LogP contribution in [0.15, 0.2) is 48.5 Å². The zero-order valence-corrected chi connectivity index (χ0v) is 14.4. The number of esters is 1.